The Morgan fingerprint density at radius 3 is 2.68 bits per heavy atom. The molecular formula is C25H32O6. The minimum atomic E-state index is -0.980. The number of hydrogen-bond acceptors (Lipinski definition) is 6. The van der Waals surface area contributed by atoms with Gasteiger partial charge in [-0.15, -0.1) is 0 Å². The van der Waals surface area contributed by atoms with Crippen molar-refractivity contribution in [2.45, 2.75) is 76.9 Å². The number of hydrogen-bond donors (Lipinski definition) is 0. The third kappa shape index (κ3) is 2.49. The van der Waals surface area contributed by atoms with Gasteiger partial charge in [0, 0.05) is 18.8 Å². The van der Waals surface area contributed by atoms with Crippen molar-refractivity contribution in [3.63, 3.8) is 0 Å². The van der Waals surface area contributed by atoms with Crippen molar-refractivity contribution in [2.75, 3.05) is 13.4 Å². The summed E-state index contributed by atoms with van der Waals surface area (Å²) in [4.78, 5) is 36.9. The van der Waals surface area contributed by atoms with E-state index < -0.39 is 22.6 Å². The molecule has 3 saturated carbocycles. The molecule has 2 bridgehead atoms. The Kier molecular flexibility index (Phi) is 4.49. The standard InChI is InChI=1S/C25H32O6/c1-15-11-20-18(22(3)7-5-17(27)12-19(15)22)6-8-23(4)24(20)9-10-25(23,31-14-30-24)21(28)13-29-16(2)26/h12,18,20H,1,5-11,13-14H2,2-4H3/t18-,20+,22+,23-,24+,25-/m0/s1. The molecule has 0 aromatic heterocycles. The predicted molar refractivity (Wildman–Crippen MR) is 112 cm³/mol. The predicted octanol–water partition coefficient (Wildman–Crippen LogP) is 3.68. The molecule has 1 aliphatic heterocycles. The maximum absolute atomic E-state index is 13.4. The first-order chi connectivity index (χ1) is 14.6. The van der Waals surface area contributed by atoms with E-state index >= 15 is 0 Å². The normalized spacial score (nSPS) is 45.8. The minimum absolute atomic E-state index is 0.0784. The van der Waals surface area contributed by atoms with Crippen molar-refractivity contribution in [1.82, 2.24) is 0 Å². The SMILES string of the molecule is C=C1C[C@@H]2[C@H](CC[C@]3(C)[C@@]4(C(=O)COC(C)=O)CC[C@@]23OCO4)[C@@]2(C)CCC(=O)C=C12. The number of fused-ring (bicyclic) bond motifs is 3. The molecule has 0 radical (unpaired) electrons. The average Bonchev–Trinajstić information content (AvgIpc) is 2.85. The monoisotopic (exact) mass is 428 g/mol. The van der Waals surface area contributed by atoms with Crippen LogP contribution in [0.4, 0.5) is 0 Å². The largest absolute Gasteiger partial charge is 0.458 e. The lowest BCUT2D eigenvalue weighted by molar-refractivity contribution is -0.329. The summed E-state index contributed by atoms with van der Waals surface area (Å²) in [6, 6.07) is 0. The van der Waals surface area contributed by atoms with Gasteiger partial charge < -0.3 is 14.2 Å². The second-order valence-corrected chi connectivity index (χ2v) is 10.7. The number of allylic oxidation sites excluding steroid dienone is 2. The van der Waals surface area contributed by atoms with Gasteiger partial charge in [0.25, 0.3) is 0 Å². The van der Waals surface area contributed by atoms with E-state index in [2.05, 4.69) is 20.4 Å². The number of esters is 1. The summed E-state index contributed by atoms with van der Waals surface area (Å²) in [5.41, 5.74) is 0.143. The molecule has 31 heavy (non-hydrogen) atoms. The number of ketones is 2. The molecule has 6 atom stereocenters. The quantitative estimate of drug-likeness (QED) is 0.638. The van der Waals surface area contributed by atoms with Crippen molar-refractivity contribution in [2.24, 2.45) is 22.7 Å². The highest BCUT2D eigenvalue weighted by molar-refractivity contribution is 5.93. The van der Waals surface area contributed by atoms with Crippen molar-refractivity contribution >= 4 is 17.5 Å². The Labute approximate surface area is 183 Å². The van der Waals surface area contributed by atoms with Crippen LogP contribution in [-0.2, 0) is 28.6 Å². The van der Waals surface area contributed by atoms with Gasteiger partial charge in [0.2, 0.25) is 5.78 Å². The van der Waals surface area contributed by atoms with Crippen molar-refractivity contribution in [3.05, 3.63) is 23.8 Å². The van der Waals surface area contributed by atoms with Crippen molar-refractivity contribution in [1.29, 1.82) is 0 Å². The van der Waals surface area contributed by atoms with Crippen LogP contribution in [0.3, 0.4) is 0 Å². The first-order valence-corrected chi connectivity index (χ1v) is 11.5. The molecule has 0 aromatic rings. The van der Waals surface area contributed by atoms with Crippen LogP contribution in [0.2, 0.25) is 0 Å². The summed E-state index contributed by atoms with van der Waals surface area (Å²) < 4.78 is 17.7. The Balaban J connectivity index is 1.55. The molecule has 1 saturated heterocycles. The van der Waals surface area contributed by atoms with Crippen LogP contribution >= 0.6 is 0 Å². The fraction of sp³-hybridized carbons (Fsp3) is 0.720. The molecule has 4 aliphatic carbocycles. The molecular weight excluding hydrogens is 396 g/mol. The molecule has 0 amide bonds. The number of carbonyl (C=O) groups excluding carboxylic acids is 3. The van der Waals surface area contributed by atoms with Crippen LogP contribution in [0.5, 0.6) is 0 Å². The summed E-state index contributed by atoms with van der Waals surface area (Å²) in [6.45, 7) is 9.95. The Hall–Kier alpha value is -1.79. The summed E-state index contributed by atoms with van der Waals surface area (Å²) >= 11 is 0. The Morgan fingerprint density at radius 1 is 1.16 bits per heavy atom. The van der Waals surface area contributed by atoms with Gasteiger partial charge in [0.15, 0.2) is 12.4 Å². The molecule has 0 aromatic carbocycles. The third-order valence-electron chi connectivity index (χ3n) is 9.67. The zero-order chi connectivity index (χ0) is 22.2. The highest BCUT2D eigenvalue weighted by atomic mass is 16.7. The van der Waals surface area contributed by atoms with Gasteiger partial charge in [0.05, 0.1) is 5.60 Å². The van der Waals surface area contributed by atoms with Crippen LogP contribution < -0.4 is 0 Å². The highest BCUT2D eigenvalue weighted by Gasteiger charge is 2.77. The van der Waals surface area contributed by atoms with Crippen molar-refractivity contribution < 1.29 is 28.6 Å². The summed E-state index contributed by atoms with van der Waals surface area (Å²) in [6.07, 6.45) is 7.13. The molecule has 0 N–H and O–H groups in total. The van der Waals surface area contributed by atoms with E-state index in [0.29, 0.717) is 18.8 Å². The molecule has 4 fully saturated rings. The van der Waals surface area contributed by atoms with E-state index in [1.165, 1.54) is 6.92 Å². The molecule has 1 heterocycles. The van der Waals surface area contributed by atoms with Crippen LogP contribution in [0, 0.1) is 22.7 Å². The Morgan fingerprint density at radius 2 is 1.94 bits per heavy atom. The van der Waals surface area contributed by atoms with E-state index in [4.69, 9.17) is 14.2 Å². The highest BCUT2D eigenvalue weighted by Crippen LogP contribution is 2.72. The smallest absolute Gasteiger partial charge is 0.303 e. The lowest BCUT2D eigenvalue weighted by atomic mass is 9.43. The topological polar surface area (TPSA) is 78.9 Å². The van der Waals surface area contributed by atoms with E-state index in [1.54, 1.807) is 0 Å². The van der Waals surface area contributed by atoms with Gasteiger partial charge in [-0.3, -0.25) is 14.4 Å². The summed E-state index contributed by atoms with van der Waals surface area (Å²) in [5, 5.41) is 0. The van der Waals surface area contributed by atoms with Gasteiger partial charge >= 0.3 is 5.97 Å². The van der Waals surface area contributed by atoms with E-state index in [0.717, 1.165) is 43.3 Å². The average molecular weight is 429 g/mol. The fourth-order valence-electron chi connectivity index (χ4n) is 8.10. The maximum atomic E-state index is 13.4. The lowest BCUT2D eigenvalue weighted by Crippen LogP contribution is -2.70. The fourth-order valence-corrected chi connectivity index (χ4v) is 8.10. The van der Waals surface area contributed by atoms with Gasteiger partial charge in [-0.2, -0.15) is 0 Å². The molecule has 6 heteroatoms. The van der Waals surface area contributed by atoms with E-state index in [-0.39, 0.29) is 36.3 Å². The van der Waals surface area contributed by atoms with E-state index in [9.17, 15) is 14.4 Å². The van der Waals surface area contributed by atoms with Crippen molar-refractivity contribution in [3.8, 4) is 0 Å². The third-order valence-corrected chi connectivity index (χ3v) is 9.67. The lowest BCUT2D eigenvalue weighted by Gasteiger charge is -2.65. The van der Waals surface area contributed by atoms with Gasteiger partial charge in [-0.1, -0.05) is 26.0 Å². The van der Waals surface area contributed by atoms with Crippen LogP contribution in [0.25, 0.3) is 0 Å². The second-order valence-electron chi connectivity index (χ2n) is 10.7. The number of carbonyl (C=O) groups is 3. The van der Waals surface area contributed by atoms with Crippen LogP contribution in [0.15, 0.2) is 23.8 Å². The molecule has 5 aliphatic rings. The van der Waals surface area contributed by atoms with E-state index in [1.807, 2.05) is 6.08 Å². The zero-order valence-electron chi connectivity index (χ0n) is 18.8. The molecule has 5 rings (SSSR count). The molecule has 0 spiro atoms. The second kappa shape index (κ2) is 6.61. The van der Waals surface area contributed by atoms with Crippen LogP contribution in [-0.4, -0.2) is 42.1 Å². The number of Topliss-reactive ketones (excluding diaryl/α,β-unsaturated/α-hetero) is 1. The molecule has 168 valence electrons. The molecule has 6 nitrogen and oxygen atoms in total. The zero-order valence-corrected chi connectivity index (χ0v) is 18.8. The molecule has 0 unspecified atom stereocenters. The first-order valence-electron chi connectivity index (χ1n) is 11.5. The van der Waals surface area contributed by atoms with Gasteiger partial charge in [0.1, 0.15) is 12.4 Å². The van der Waals surface area contributed by atoms with Crippen LogP contribution in [0.1, 0.15) is 65.7 Å². The maximum Gasteiger partial charge on any atom is 0.303 e. The number of ether oxygens (including phenoxy) is 3. The summed E-state index contributed by atoms with van der Waals surface area (Å²) in [7, 11) is 0. The van der Waals surface area contributed by atoms with Gasteiger partial charge in [-0.05, 0) is 67.4 Å². The summed E-state index contributed by atoms with van der Waals surface area (Å²) in [5.74, 6) is 0.185. The Bertz CT molecular complexity index is 919. The minimum Gasteiger partial charge on any atom is -0.458 e. The van der Waals surface area contributed by atoms with Gasteiger partial charge in [-0.25, -0.2) is 0 Å². The number of rotatable bonds is 3. The first kappa shape index (κ1) is 21.1.